The number of nitrogens with zero attached hydrogens (tertiary/aromatic N) is 1. The van der Waals surface area contributed by atoms with E-state index in [1.807, 2.05) is 6.07 Å². The number of benzene rings is 2. The lowest BCUT2D eigenvalue weighted by atomic mass is 10.0. The molecule has 8 heteroatoms. The van der Waals surface area contributed by atoms with Crippen molar-refractivity contribution in [3.63, 3.8) is 0 Å². The van der Waals surface area contributed by atoms with Crippen molar-refractivity contribution in [3.05, 3.63) is 57.6 Å². The van der Waals surface area contributed by atoms with Gasteiger partial charge < -0.3 is 5.32 Å². The first-order chi connectivity index (χ1) is 12.3. The number of nitrogens with one attached hydrogen (secondary N) is 1. The summed E-state index contributed by atoms with van der Waals surface area (Å²) >= 11 is 11.9. The number of sulfonamides is 1. The van der Waals surface area contributed by atoms with Crippen molar-refractivity contribution in [3.8, 4) is 0 Å². The van der Waals surface area contributed by atoms with Gasteiger partial charge in [-0.05, 0) is 61.7 Å². The standard InChI is InChI=1S/C18H18Cl2N2O3S/c1-2-26(24,25)22-7-3-4-12-10-16(5-6-17(12)22)21-18(23)13-8-14(19)11-15(20)9-13/h5-6,8-11H,2-4,7H2,1H3,(H,21,23). The van der Waals surface area contributed by atoms with Crippen molar-refractivity contribution < 1.29 is 13.2 Å². The molecule has 0 bridgehead atoms. The maximum atomic E-state index is 12.4. The van der Waals surface area contributed by atoms with Gasteiger partial charge in [-0.1, -0.05) is 23.2 Å². The molecule has 2 aromatic carbocycles. The molecule has 138 valence electrons. The number of fused-ring (bicyclic) bond motifs is 1. The number of rotatable bonds is 4. The molecule has 1 amide bonds. The molecule has 0 saturated heterocycles. The van der Waals surface area contributed by atoms with E-state index in [0.29, 0.717) is 33.5 Å². The van der Waals surface area contributed by atoms with E-state index < -0.39 is 10.0 Å². The van der Waals surface area contributed by atoms with E-state index >= 15 is 0 Å². The maximum absolute atomic E-state index is 12.4. The fourth-order valence-electron chi connectivity index (χ4n) is 2.97. The topological polar surface area (TPSA) is 66.5 Å². The lowest BCUT2D eigenvalue weighted by Gasteiger charge is -2.30. The third-order valence-electron chi connectivity index (χ3n) is 4.24. The van der Waals surface area contributed by atoms with Gasteiger partial charge in [0.15, 0.2) is 0 Å². The van der Waals surface area contributed by atoms with Crippen molar-refractivity contribution in [2.45, 2.75) is 19.8 Å². The molecule has 0 radical (unpaired) electrons. The molecule has 0 aliphatic carbocycles. The number of aryl methyl sites for hydroxylation is 1. The Labute approximate surface area is 163 Å². The van der Waals surface area contributed by atoms with E-state index in [1.54, 1.807) is 25.1 Å². The Bertz CT molecular complexity index is 941. The second-order valence-corrected chi connectivity index (χ2v) is 9.09. The number of carbonyl (C=O) groups excluding carboxylic acids is 1. The zero-order valence-electron chi connectivity index (χ0n) is 14.1. The highest BCUT2D eigenvalue weighted by Crippen LogP contribution is 2.32. The number of amides is 1. The molecule has 5 nitrogen and oxygen atoms in total. The first-order valence-corrected chi connectivity index (χ1v) is 10.6. The van der Waals surface area contributed by atoms with Gasteiger partial charge in [0.2, 0.25) is 10.0 Å². The van der Waals surface area contributed by atoms with Gasteiger partial charge in [0.1, 0.15) is 0 Å². The third kappa shape index (κ3) is 3.98. The highest BCUT2D eigenvalue weighted by molar-refractivity contribution is 7.92. The summed E-state index contributed by atoms with van der Waals surface area (Å²) in [5.74, 6) is -0.274. The molecule has 3 rings (SSSR count). The van der Waals surface area contributed by atoms with Crippen LogP contribution in [0, 0.1) is 0 Å². The summed E-state index contributed by atoms with van der Waals surface area (Å²) in [5, 5.41) is 3.57. The van der Waals surface area contributed by atoms with Crippen LogP contribution in [0.3, 0.4) is 0 Å². The number of carbonyl (C=O) groups is 1. The Morgan fingerprint density at radius 1 is 1.15 bits per heavy atom. The van der Waals surface area contributed by atoms with Gasteiger partial charge in [-0.15, -0.1) is 0 Å². The smallest absolute Gasteiger partial charge is 0.255 e. The van der Waals surface area contributed by atoms with Crippen molar-refractivity contribution in [1.29, 1.82) is 0 Å². The molecule has 0 atom stereocenters. The van der Waals surface area contributed by atoms with Gasteiger partial charge in [0.05, 0.1) is 11.4 Å². The van der Waals surface area contributed by atoms with Crippen molar-refractivity contribution in [1.82, 2.24) is 0 Å². The molecular formula is C18H18Cl2N2O3S. The van der Waals surface area contributed by atoms with Gasteiger partial charge in [-0.25, -0.2) is 8.42 Å². The maximum Gasteiger partial charge on any atom is 0.255 e. The molecular weight excluding hydrogens is 395 g/mol. The van der Waals surface area contributed by atoms with Crippen LogP contribution in [0.4, 0.5) is 11.4 Å². The van der Waals surface area contributed by atoms with Crippen LogP contribution in [-0.4, -0.2) is 26.6 Å². The molecule has 0 unspecified atom stereocenters. The molecule has 1 heterocycles. The van der Waals surface area contributed by atoms with Gasteiger partial charge in [0.25, 0.3) is 5.91 Å². The van der Waals surface area contributed by atoms with E-state index in [4.69, 9.17) is 23.2 Å². The van der Waals surface area contributed by atoms with Crippen LogP contribution in [0.1, 0.15) is 29.3 Å². The Morgan fingerprint density at radius 3 is 2.50 bits per heavy atom. The van der Waals surface area contributed by atoms with Crippen LogP contribution in [0.15, 0.2) is 36.4 Å². The Kier molecular flexibility index (Phi) is 5.46. The lowest BCUT2D eigenvalue weighted by Crippen LogP contribution is -2.36. The average molecular weight is 413 g/mol. The van der Waals surface area contributed by atoms with E-state index in [9.17, 15) is 13.2 Å². The second-order valence-electron chi connectivity index (χ2n) is 6.03. The molecule has 26 heavy (non-hydrogen) atoms. The largest absolute Gasteiger partial charge is 0.322 e. The van der Waals surface area contributed by atoms with Gasteiger partial charge in [0, 0.05) is 27.8 Å². The predicted octanol–water partition coefficient (Wildman–Crippen LogP) is 4.35. The van der Waals surface area contributed by atoms with Crippen LogP contribution in [0.25, 0.3) is 0 Å². The molecule has 0 fully saturated rings. The van der Waals surface area contributed by atoms with Crippen LogP contribution < -0.4 is 9.62 Å². The van der Waals surface area contributed by atoms with Crippen molar-refractivity contribution in [2.75, 3.05) is 21.9 Å². The monoisotopic (exact) mass is 412 g/mol. The summed E-state index contributed by atoms with van der Waals surface area (Å²) in [6.45, 7) is 2.12. The summed E-state index contributed by atoms with van der Waals surface area (Å²) in [7, 11) is -3.31. The quantitative estimate of drug-likeness (QED) is 0.811. The third-order valence-corrected chi connectivity index (χ3v) is 6.46. The minimum Gasteiger partial charge on any atom is -0.322 e. The van der Waals surface area contributed by atoms with Gasteiger partial charge >= 0.3 is 0 Å². The van der Waals surface area contributed by atoms with Crippen LogP contribution in [0.2, 0.25) is 10.0 Å². The average Bonchev–Trinajstić information content (AvgIpc) is 2.60. The zero-order chi connectivity index (χ0) is 18.9. The molecule has 0 spiro atoms. The van der Waals surface area contributed by atoms with Crippen molar-refractivity contribution in [2.24, 2.45) is 0 Å². The first kappa shape index (κ1) is 19.0. The molecule has 2 aromatic rings. The summed E-state index contributed by atoms with van der Waals surface area (Å²) in [6.07, 6.45) is 1.51. The molecule has 1 N–H and O–H groups in total. The SMILES string of the molecule is CCS(=O)(=O)N1CCCc2cc(NC(=O)c3cc(Cl)cc(Cl)c3)ccc21. The molecule has 0 aromatic heterocycles. The summed E-state index contributed by atoms with van der Waals surface area (Å²) in [6, 6.07) is 9.89. The molecule has 1 aliphatic heterocycles. The van der Waals surface area contributed by atoms with E-state index in [1.165, 1.54) is 16.4 Å². The minimum absolute atomic E-state index is 0.0560. The second kappa shape index (κ2) is 7.47. The zero-order valence-corrected chi connectivity index (χ0v) is 16.5. The van der Waals surface area contributed by atoms with Gasteiger partial charge in [-0.2, -0.15) is 0 Å². The number of anilines is 2. The number of hydrogen-bond acceptors (Lipinski definition) is 3. The normalized spacial score (nSPS) is 14.0. The highest BCUT2D eigenvalue weighted by Gasteiger charge is 2.26. The van der Waals surface area contributed by atoms with Gasteiger partial charge in [-0.3, -0.25) is 9.10 Å². The van der Waals surface area contributed by atoms with E-state index in [-0.39, 0.29) is 11.7 Å². The van der Waals surface area contributed by atoms with E-state index in [0.717, 1.165) is 18.4 Å². The lowest BCUT2D eigenvalue weighted by molar-refractivity contribution is 0.102. The Morgan fingerprint density at radius 2 is 1.85 bits per heavy atom. The minimum atomic E-state index is -3.31. The predicted molar refractivity (Wildman–Crippen MR) is 106 cm³/mol. The number of hydrogen-bond donors (Lipinski definition) is 1. The first-order valence-electron chi connectivity index (χ1n) is 8.21. The summed E-state index contributed by atoms with van der Waals surface area (Å²) in [5.41, 5.74) is 2.54. The summed E-state index contributed by atoms with van der Waals surface area (Å²) < 4.78 is 26.0. The van der Waals surface area contributed by atoms with Crippen LogP contribution in [-0.2, 0) is 16.4 Å². The summed E-state index contributed by atoms with van der Waals surface area (Å²) in [4.78, 5) is 12.4. The van der Waals surface area contributed by atoms with E-state index in [2.05, 4.69) is 5.32 Å². The fourth-order valence-corrected chi connectivity index (χ4v) is 4.70. The van der Waals surface area contributed by atoms with Crippen LogP contribution >= 0.6 is 23.2 Å². The number of halogens is 2. The molecule has 1 aliphatic rings. The van der Waals surface area contributed by atoms with Crippen LogP contribution in [0.5, 0.6) is 0 Å². The molecule has 0 saturated carbocycles. The fraction of sp³-hybridized carbons (Fsp3) is 0.278. The Balaban J connectivity index is 1.86. The Hall–Kier alpha value is -1.76. The van der Waals surface area contributed by atoms with Crippen molar-refractivity contribution >= 4 is 50.5 Å². The highest BCUT2D eigenvalue weighted by atomic mass is 35.5.